The third kappa shape index (κ3) is 2.18. The molecule has 0 saturated carbocycles. The van der Waals surface area contributed by atoms with Gasteiger partial charge in [0.15, 0.2) is 0 Å². The molecule has 0 radical (unpaired) electrons. The maximum absolute atomic E-state index is 11.9. The molecule has 2 aromatic carbocycles. The van der Waals surface area contributed by atoms with E-state index in [1.54, 1.807) is 24.3 Å². The molecule has 0 unspecified atom stereocenters. The molecule has 4 heteroatoms. The fourth-order valence-electron chi connectivity index (χ4n) is 2.19. The minimum atomic E-state index is -3.53. The third-order valence-corrected chi connectivity index (χ3v) is 4.62. The first-order chi connectivity index (χ1) is 9.58. The Morgan fingerprint density at radius 2 is 1.65 bits per heavy atom. The van der Waals surface area contributed by atoms with Crippen LogP contribution in [0, 0.1) is 6.92 Å². The Morgan fingerprint density at radius 1 is 0.950 bits per heavy atom. The monoisotopic (exact) mass is 283 g/mol. The second-order valence-electron chi connectivity index (χ2n) is 4.64. The summed E-state index contributed by atoms with van der Waals surface area (Å²) >= 11 is 0. The smallest absolute Gasteiger partial charge is 0.199 e. The lowest BCUT2D eigenvalue weighted by molar-refractivity contribution is 0.599. The summed E-state index contributed by atoms with van der Waals surface area (Å²) in [6.45, 7) is 2.01. The van der Waals surface area contributed by atoms with Gasteiger partial charge < -0.3 is 0 Å². The molecule has 0 saturated heterocycles. The highest BCUT2D eigenvalue weighted by atomic mass is 32.2. The topological polar surface area (TPSA) is 46.5 Å². The van der Waals surface area contributed by atoms with Crippen LogP contribution in [0.3, 0.4) is 0 Å². The fraction of sp³-hybridized carbons (Fsp3) is 0.0625. The van der Waals surface area contributed by atoms with Crippen LogP contribution >= 0.6 is 0 Å². The Balaban J connectivity index is 2.03. The van der Waals surface area contributed by atoms with Gasteiger partial charge in [0.05, 0.1) is 10.6 Å². The molecule has 1 aliphatic rings. The average molecular weight is 283 g/mol. The van der Waals surface area contributed by atoms with Crippen LogP contribution in [-0.2, 0) is 10.0 Å². The average Bonchev–Trinajstić information content (AvgIpc) is 2.70. The van der Waals surface area contributed by atoms with E-state index in [9.17, 15) is 8.42 Å². The van der Waals surface area contributed by atoms with Gasteiger partial charge in [-0.1, -0.05) is 48.5 Å². The third-order valence-electron chi connectivity index (χ3n) is 3.27. The van der Waals surface area contributed by atoms with E-state index in [2.05, 4.69) is 4.40 Å². The first-order valence-electron chi connectivity index (χ1n) is 6.26. The van der Waals surface area contributed by atoms with Crippen molar-refractivity contribution in [1.29, 1.82) is 0 Å². The highest BCUT2D eigenvalue weighted by Crippen LogP contribution is 2.26. The van der Waals surface area contributed by atoms with Gasteiger partial charge in [-0.3, -0.25) is 0 Å². The molecule has 0 spiro atoms. The minimum Gasteiger partial charge on any atom is -0.199 e. The largest absolute Gasteiger partial charge is 0.283 e. The Labute approximate surface area is 118 Å². The van der Waals surface area contributed by atoms with Gasteiger partial charge in [-0.15, -0.1) is 0 Å². The lowest BCUT2D eigenvalue weighted by Crippen LogP contribution is -1.93. The predicted octanol–water partition coefficient (Wildman–Crippen LogP) is 3.20. The summed E-state index contributed by atoms with van der Waals surface area (Å²) in [6.07, 6.45) is 3.65. The summed E-state index contributed by atoms with van der Waals surface area (Å²) in [5.41, 5.74) is 3.34. The van der Waals surface area contributed by atoms with Crippen LogP contribution < -0.4 is 0 Å². The molecule has 0 amide bonds. The minimum absolute atomic E-state index is 0.282. The van der Waals surface area contributed by atoms with Crippen molar-refractivity contribution in [2.75, 3.05) is 0 Å². The summed E-state index contributed by atoms with van der Waals surface area (Å²) in [7, 11) is -3.53. The van der Waals surface area contributed by atoms with E-state index in [4.69, 9.17) is 0 Å². The van der Waals surface area contributed by atoms with Crippen molar-refractivity contribution >= 4 is 21.8 Å². The molecule has 1 aliphatic heterocycles. The van der Waals surface area contributed by atoms with Crippen molar-refractivity contribution in [3.8, 4) is 0 Å². The number of rotatable bonds is 2. The zero-order valence-electron chi connectivity index (χ0n) is 10.9. The molecule has 0 fully saturated rings. The summed E-state index contributed by atoms with van der Waals surface area (Å²) in [5, 5.41) is 0. The van der Waals surface area contributed by atoms with Crippen LogP contribution in [0.5, 0.6) is 0 Å². The zero-order chi connectivity index (χ0) is 14.2. The number of hydrogen-bond donors (Lipinski definition) is 0. The molecule has 2 aromatic rings. The van der Waals surface area contributed by atoms with E-state index in [0.717, 1.165) is 11.1 Å². The van der Waals surface area contributed by atoms with Crippen molar-refractivity contribution in [3.63, 3.8) is 0 Å². The fourth-order valence-corrected chi connectivity index (χ4v) is 3.41. The van der Waals surface area contributed by atoms with Gasteiger partial charge in [-0.05, 0) is 30.2 Å². The van der Waals surface area contributed by atoms with Crippen molar-refractivity contribution in [2.24, 2.45) is 4.40 Å². The number of allylic oxidation sites excluding steroid dienone is 1. The second-order valence-corrected chi connectivity index (χ2v) is 6.21. The summed E-state index contributed by atoms with van der Waals surface area (Å²) in [5.74, 6) is 0. The van der Waals surface area contributed by atoms with Crippen molar-refractivity contribution in [3.05, 3.63) is 71.3 Å². The molecule has 3 rings (SSSR count). The number of fused-ring (bicyclic) bond motifs is 1. The number of benzene rings is 2. The van der Waals surface area contributed by atoms with E-state index in [1.807, 2.05) is 43.3 Å². The molecule has 0 atom stereocenters. The number of hydrogen-bond acceptors (Lipinski definition) is 2. The lowest BCUT2D eigenvalue weighted by Gasteiger charge is -1.99. The van der Waals surface area contributed by atoms with E-state index in [0.29, 0.717) is 11.3 Å². The second kappa shape index (κ2) is 4.72. The number of sulfonamides is 1. The molecule has 0 aliphatic carbocycles. The molecular formula is C16H13NO2S. The van der Waals surface area contributed by atoms with Crippen LogP contribution in [0.4, 0.5) is 0 Å². The standard InChI is InChI=1S/C16H13NO2S/c1-12-6-2-3-7-13(12)10-11-15-14-8-4-5-9-16(14)20(18,19)17-15/h2-11H,1H3. The Kier molecular flexibility index (Phi) is 3.03. The van der Waals surface area contributed by atoms with Gasteiger partial charge in [-0.2, -0.15) is 12.8 Å². The Bertz CT molecular complexity index is 833. The molecular weight excluding hydrogens is 270 g/mol. The summed E-state index contributed by atoms with van der Waals surface area (Å²) in [6, 6.07) is 14.8. The molecule has 20 heavy (non-hydrogen) atoms. The lowest BCUT2D eigenvalue weighted by atomic mass is 10.1. The Morgan fingerprint density at radius 3 is 2.45 bits per heavy atom. The highest BCUT2D eigenvalue weighted by molar-refractivity contribution is 7.90. The first kappa shape index (κ1) is 12.8. The number of aryl methyl sites for hydroxylation is 1. The van der Waals surface area contributed by atoms with Gasteiger partial charge in [-0.25, -0.2) is 0 Å². The molecule has 1 heterocycles. The SMILES string of the molecule is Cc1ccccc1C=CC1=NS(=O)(=O)c2ccccc21. The van der Waals surface area contributed by atoms with Crippen molar-refractivity contribution in [1.82, 2.24) is 0 Å². The summed E-state index contributed by atoms with van der Waals surface area (Å²) in [4.78, 5) is 0.282. The molecule has 0 N–H and O–H groups in total. The van der Waals surface area contributed by atoms with Crippen LogP contribution in [0.25, 0.3) is 6.08 Å². The van der Waals surface area contributed by atoms with E-state index in [-0.39, 0.29) is 4.90 Å². The van der Waals surface area contributed by atoms with Gasteiger partial charge >= 0.3 is 0 Å². The van der Waals surface area contributed by atoms with E-state index < -0.39 is 10.0 Å². The first-order valence-corrected chi connectivity index (χ1v) is 7.70. The maximum atomic E-state index is 11.9. The molecule has 100 valence electrons. The predicted molar refractivity (Wildman–Crippen MR) is 80.4 cm³/mol. The quantitative estimate of drug-likeness (QED) is 0.849. The van der Waals surface area contributed by atoms with Crippen molar-refractivity contribution < 1.29 is 8.42 Å². The zero-order valence-corrected chi connectivity index (χ0v) is 11.8. The van der Waals surface area contributed by atoms with Gasteiger partial charge in [0.25, 0.3) is 10.0 Å². The van der Waals surface area contributed by atoms with Gasteiger partial charge in [0.2, 0.25) is 0 Å². The van der Waals surface area contributed by atoms with E-state index in [1.165, 1.54) is 0 Å². The maximum Gasteiger partial charge on any atom is 0.283 e. The van der Waals surface area contributed by atoms with E-state index >= 15 is 0 Å². The molecule has 0 aromatic heterocycles. The molecule has 3 nitrogen and oxygen atoms in total. The Hall–Kier alpha value is -2.20. The van der Waals surface area contributed by atoms with Crippen LogP contribution in [0.2, 0.25) is 0 Å². The number of nitrogens with zero attached hydrogens (tertiary/aromatic N) is 1. The van der Waals surface area contributed by atoms with Gasteiger partial charge in [0, 0.05) is 5.56 Å². The summed E-state index contributed by atoms with van der Waals surface area (Å²) < 4.78 is 27.7. The van der Waals surface area contributed by atoms with Crippen LogP contribution in [0.15, 0.2) is 63.9 Å². The van der Waals surface area contributed by atoms with Crippen LogP contribution in [0.1, 0.15) is 16.7 Å². The van der Waals surface area contributed by atoms with Crippen LogP contribution in [-0.4, -0.2) is 14.1 Å². The highest BCUT2D eigenvalue weighted by Gasteiger charge is 2.26. The van der Waals surface area contributed by atoms with Crippen molar-refractivity contribution in [2.45, 2.75) is 11.8 Å². The van der Waals surface area contributed by atoms with Gasteiger partial charge in [0.1, 0.15) is 0 Å². The normalized spacial score (nSPS) is 16.1. The molecule has 0 bridgehead atoms.